The number of rotatable bonds is 5. The van der Waals surface area contributed by atoms with Crippen molar-refractivity contribution in [3.63, 3.8) is 0 Å². The van der Waals surface area contributed by atoms with Gasteiger partial charge in [-0.1, -0.05) is 6.07 Å². The summed E-state index contributed by atoms with van der Waals surface area (Å²) in [6, 6.07) is 13.7. The molecule has 8 nitrogen and oxygen atoms in total. The van der Waals surface area contributed by atoms with E-state index in [1.54, 1.807) is 36.5 Å². The van der Waals surface area contributed by atoms with Gasteiger partial charge in [0.1, 0.15) is 0 Å². The number of hydrogen-bond donors (Lipinski definition) is 1. The molecule has 4 rings (SSSR count). The molecule has 0 bridgehead atoms. The van der Waals surface area contributed by atoms with E-state index in [4.69, 9.17) is 4.74 Å². The summed E-state index contributed by atoms with van der Waals surface area (Å²) in [6.07, 6.45) is 2.30. The number of ether oxygens (including phenoxy) is 1. The van der Waals surface area contributed by atoms with Gasteiger partial charge in [0.2, 0.25) is 10.0 Å². The average molecular weight is 439 g/mol. The predicted molar refractivity (Wildman–Crippen MR) is 118 cm³/mol. The topological polar surface area (TPSA) is 106 Å². The van der Waals surface area contributed by atoms with Gasteiger partial charge in [0, 0.05) is 18.1 Å². The van der Waals surface area contributed by atoms with Gasteiger partial charge < -0.3 is 10.1 Å². The van der Waals surface area contributed by atoms with E-state index in [1.165, 1.54) is 17.3 Å². The molecule has 31 heavy (non-hydrogen) atoms. The predicted octanol–water partition coefficient (Wildman–Crippen LogP) is 2.74. The molecule has 1 aliphatic heterocycles. The van der Waals surface area contributed by atoms with Gasteiger partial charge >= 0.3 is 5.97 Å². The van der Waals surface area contributed by atoms with Crippen LogP contribution in [0.4, 0.5) is 11.4 Å². The molecule has 0 saturated heterocycles. The van der Waals surface area contributed by atoms with E-state index in [2.05, 4.69) is 10.3 Å². The molecule has 0 saturated carbocycles. The smallest absolute Gasteiger partial charge is 0.338 e. The number of esters is 1. The largest absolute Gasteiger partial charge is 0.449 e. The summed E-state index contributed by atoms with van der Waals surface area (Å²) in [4.78, 5) is 29.4. The molecule has 0 radical (unpaired) electrons. The third kappa shape index (κ3) is 4.22. The molecule has 2 aromatic carbocycles. The maximum absolute atomic E-state index is 12.6. The number of carbonyl (C=O) groups is 2. The summed E-state index contributed by atoms with van der Waals surface area (Å²) in [7, 11) is -3.36. The van der Waals surface area contributed by atoms with Crippen LogP contribution >= 0.6 is 0 Å². The van der Waals surface area contributed by atoms with Crippen LogP contribution in [0.3, 0.4) is 0 Å². The van der Waals surface area contributed by atoms with Gasteiger partial charge in [-0.25, -0.2) is 13.2 Å². The minimum absolute atomic E-state index is 0.267. The van der Waals surface area contributed by atoms with Gasteiger partial charge in [-0.2, -0.15) is 0 Å². The van der Waals surface area contributed by atoms with Crippen LogP contribution in [0.2, 0.25) is 0 Å². The normalized spacial score (nSPS) is 14.2. The maximum atomic E-state index is 12.6. The van der Waals surface area contributed by atoms with Crippen LogP contribution in [0, 0.1) is 0 Å². The van der Waals surface area contributed by atoms with E-state index in [0.717, 1.165) is 22.7 Å². The second kappa shape index (κ2) is 7.99. The summed E-state index contributed by atoms with van der Waals surface area (Å²) in [5, 5.41) is 3.56. The molecule has 9 heteroatoms. The van der Waals surface area contributed by atoms with Crippen LogP contribution in [0.25, 0.3) is 10.9 Å². The van der Waals surface area contributed by atoms with Crippen molar-refractivity contribution in [1.29, 1.82) is 0 Å². The molecule has 3 aromatic rings. The first-order chi connectivity index (χ1) is 14.7. The summed E-state index contributed by atoms with van der Waals surface area (Å²) >= 11 is 0. The van der Waals surface area contributed by atoms with Crippen molar-refractivity contribution in [3.05, 3.63) is 65.9 Å². The van der Waals surface area contributed by atoms with Gasteiger partial charge in [-0.3, -0.25) is 14.1 Å². The Labute approximate surface area is 179 Å². The highest BCUT2D eigenvalue weighted by Gasteiger charge is 2.27. The van der Waals surface area contributed by atoms with Crippen LogP contribution < -0.4 is 9.62 Å². The SMILES string of the molecule is CC(OC(=O)c1ccc2c(c1)CCN2S(C)(=O)=O)C(=O)Nc1cccc2ncccc12. The van der Waals surface area contributed by atoms with E-state index >= 15 is 0 Å². The van der Waals surface area contributed by atoms with E-state index in [0.29, 0.717) is 24.3 Å². The fourth-order valence-corrected chi connectivity index (χ4v) is 4.53. The molecule has 1 unspecified atom stereocenters. The standard InChI is InChI=1S/C22H21N3O5S/c1-14(21(26)24-19-7-3-6-18-17(19)5-4-11-23-18)30-22(27)16-8-9-20-15(13-16)10-12-25(20)31(2,28)29/h3-9,11,13-14H,10,12H2,1-2H3,(H,24,26). The number of fused-ring (bicyclic) bond motifs is 2. The number of anilines is 2. The van der Waals surface area contributed by atoms with Crippen molar-refractivity contribution >= 4 is 44.2 Å². The van der Waals surface area contributed by atoms with Gasteiger partial charge in [-0.15, -0.1) is 0 Å². The van der Waals surface area contributed by atoms with Gasteiger partial charge in [0.05, 0.1) is 28.7 Å². The monoisotopic (exact) mass is 439 g/mol. The van der Waals surface area contributed by atoms with E-state index in [1.807, 2.05) is 12.1 Å². The Hall–Kier alpha value is -3.46. The molecule has 0 fully saturated rings. The quantitative estimate of drug-likeness (QED) is 0.613. The van der Waals surface area contributed by atoms with E-state index < -0.39 is 28.0 Å². The molecule has 0 aliphatic carbocycles. The first kappa shape index (κ1) is 20.8. The number of nitrogens with zero attached hydrogens (tertiary/aromatic N) is 2. The Kier molecular flexibility index (Phi) is 5.36. The summed E-state index contributed by atoms with van der Waals surface area (Å²) in [5.74, 6) is -1.11. The first-order valence-electron chi connectivity index (χ1n) is 9.70. The molecule has 1 atom stereocenters. The Morgan fingerprint density at radius 2 is 1.97 bits per heavy atom. The van der Waals surface area contributed by atoms with Crippen molar-refractivity contribution < 1.29 is 22.7 Å². The molecule has 2 heterocycles. The lowest BCUT2D eigenvalue weighted by molar-refractivity contribution is -0.123. The number of pyridine rings is 1. The van der Waals surface area contributed by atoms with Gasteiger partial charge in [0.15, 0.2) is 6.10 Å². The van der Waals surface area contributed by atoms with Crippen molar-refractivity contribution in [2.75, 3.05) is 22.4 Å². The van der Waals surface area contributed by atoms with Crippen LogP contribution in [0.1, 0.15) is 22.8 Å². The minimum atomic E-state index is -3.36. The number of nitrogens with one attached hydrogen (secondary N) is 1. The molecule has 1 amide bonds. The summed E-state index contributed by atoms with van der Waals surface area (Å²) < 4.78 is 30.4. The number of amides is 1. The highest BCUT2D eigenvalue weighted by molar-refractivity contribution is 7.92. The molecule has 1 N–H and O–H groups in total. The lowest BCUT2D eigenvalue weighted by atomic mass is 10.1. The third-order valence-corrected chi connectivity index (χ3v) is 6.30. The minimum Gasteiger partial charge on any atom is -0.449 e. The van der Waals surface area contributed by atoms with Crippen molar-refractivity contribution in [1.82, 2.24) is 4.98 Å². The Balaban J connectivity index is 1.46. The average Bonchev–Trinajstić information content (AvgIpc) is 3.17. The second-order valence-corrected chi connectivity index (χ2v) is 9.25. The molecule has 1 aliphatic rings. The van der Waals surface area contributed by atoms with Crippen molar-refractivity contribution in [2.45, 2.75) is 19.4 Å². The van der Waals surface area contributed by atoms with Gasteiger partial charge in [0.25, 0.3) is 5.91 Å². The lowest BCUT2D eigenvalue weighted by Gasteiger charge is -2.17. The highest BCUT2D eigenvalue weighted by atomic mass is 32.2. The molecular formula is C22H21N3O5S. The number of carbonyl (C=O) groups excluding carboxylic acids is 2. The van der Waals surface area contributed by atoms with Crippen LogP contribution in [-0.4, -0.2) is 44.2 Å². The van der Waals surface area contributed by atoms with Crippen LogP contribution in [0.15, 0.2) is 54.7 Å². The van der Waals surface area contributed by atoms with Crippen molar-refractivity contribution in [2.24, 2.45) is 0 Å². The zero-order valence-corrected chi connectivity index (χ0v) is 17.8. The Bertz CT molecular complexity index is 1280. The van der Waals surface area contributed by atoms with E-state index in [9.17, 15) is 18.0 Å². The molecular weight excluding hydrogens is 418 g/mol. The van der Waals surface area contributed by atoms with Crippen LogP contribution in [-0.2, 0) is 26.0 Å². The zero-order chi connectivity index (χ0) is 22.2. The number of hydrogen-bond acceptors (Lipinski definition) is 6. The molecule has 0 spiro atoms. The fourth-order valence-electron chi connectivity index (χ4n) is 3.57. The fraction of sp³-hybridized carbons (Fsp3) is 0.227. The number of aromatic nitrogens is 1. The van der Waals surface area contributed by atoms with Gasteiger partial charge in [-0.05, 0) is 61.4 Å². The first-order valence-corrected chi connectivity index (χ1v) is 11.5. The lowest BCUT2D eigenvalue weighted by Crippen LogP contribution is -2.30. The number of sulfonamides is 1. The summed E-state index contributed by atoms with van der Waals surface area (Å²) in [5.41, 5.74) is 2.90. The third-order valence-electron chi connectivity index (χ3n) is 5.13. The number of benzene rings is 2. The second-order valence-electron chi connectivity index (χ2n) is 7.34. The molecule has 160 valence electrons. The summed E-state index contributed by atoms with van der Waals surface area (Å²) in [6.45, 7) is 1.83. The van der Waals surface area contributed by atoms with Crippen LogP contribution in [0.5, 0.6) is 0 Å². The molecule has 1 aromatic heterocycles. The highest BCUT2D eigenvalue weighted by Crippen LogP contribution is 2.31. The Morgan fingerprint density at radius 3 is 2.74 bits per heavy atom. The van der Waals surface area contributed by atoms with E-state index in [-0.39, 0.29) is 5.56 Å². The van der Waals surface area contributed by atoms with Crippen molar-refractivity contribution in [3.8, 4) is 0 Å². The maximum Gasteiger partial charge on any atom is 0.338 e. The zero-order valence-electron chi connectivity index (χ0n) is 17.0. The Morgan fingerprint density at radius 1 is 1.16 bits per heavy atom.